The van der Waals surface area contributed by atoms with Gasteiger partial charge in [0.1, 0.15) is 6.61 Å². The summed E-state index contributed by atoms with van der Waals surface area (Å²) in [5.41, 5.74) is 0. The largest absolute Gasteiger partial charge is 0.465 e. The molecule has 0 atom stereocenters. The molecule has 0 aliphatic heterocycles. The average Bonchev–Trinajstić information content (AvgIpc) is 2.56. The van der Waals surface area contributed by atoms with Crippen LogP contribution >= 0.6 is 12.6 Å². The molecule has 0 heterocycles. The summed E-state index contributed by atoms with van der Waals surface area (Å²) < 4.78 is 4.98. The molecule has 0 aliphatic rings. The van der Waals surface area contributed by atoms with E-state index in [1.54, 1.807) is 0 Å². The first-order valence-corrected chi connectivity index (χ1v) is 10.4. The number of allylic oxidation sites excluding steroid dienone is 2. The highest BCUT2D eigenvalue weighted by Crippen LogP contribution is 2.10. The molecular weight excluding hydrogens is 304 g/mol. The molecule has 23 heavy (non-hydrogen) atoms. The summed E-state index contributed by atoms with van der Waals surface area (Å²) in [4.78, 5) is 11.3. The third-order valence-corrected chi connectivity index (χ3v) is 4.18. The lowest BCUT2D eigenvalue weighted by atomic mass is 10.1. The van der Waals surface area contributed by atoms with Gasteiger partial charge in [-0.1, -0.05) is 70.4 Å². The predicted molar refractivity (Wildman–Crippen MR) is 104 cm³/mol. The van der Waals surface area contributed by atoms with Crippen LogP contribution < -0.4 is 0 Å². The molecule has 0 N–H and O–H groups in total. The molecular formula is C20H38O2S. The third kappa shape index (κ3) is 19.5. The predicted octanol–water partition coefficient (Wildman–Crippen LogP) is 6.50. The number of carbonyl (C=O) groups is 1. The summed E-state index contributed by atoms with van der Waals surface area (Å²) in [5.74, 6) is 0.527. The molecule has 0 bridgehead atoms. The Morgan fingerprint density at radius 1 is 0.826 bits per heavy atom. The van der Waals surface area contributed by atoms with Crippen LogP contribution in [-0.4, -0.2) is 18.3 Å². The van der Waals surface area contributed by atoms with Crippen molar-refractivity contribution in [2.75, 3.05) is 12.4 Å². The second-order valence-corrected chi connectivity index (χ2v) is 6.73. The number of hydrogen-bond donors (Lipinski definition) is 1. The van der Waals surface area contributed by atoms with E-state index in [4.69, 9.17) is 4.74 Å². The van der Waals surface area contributed by atoms with Crippen LogP contribution in [0, 0.1) is 0 Å². The summed E-state index contributed by atoms with van der Waals surface area (Å²) >= 11 is 4.01. The van der Waals surface area contributed by atoms with E-state index in [0.29, 0.717) is 18.8 Å². The molecule has 136 valence electrons. The molecule has 0 aromatic heterocycles. The molecule has 0 radical (unpaired) electrons. The van der Waals surface area contributed by atoms with Gasteiger partial charge in [-0.2, -0.15) is 12.6 Å². The van der Waals surface area contributed by atoms with Gasteiger partial charge in [0.2, 0.25) is 0 Å². The fourth-order valence-corrected chi connectivity index (χ4v) is 2.66. The maximum Gasteiger partial charge on any atom is 0.305 e. The van der Waals surface area contributed by atoms with Crippen molar-refractivity contribution in [1.29, 1.82) is 0 Å². The van der Waals surface area contributed by atoms with Crippen molar-refractivity contribution in [3.8, 4) is 0 Å². The topological polar surface area (TPSA) is 26.3 Å². The zero-order chi connectivity index (χ0) is 17.0. The Hall–Kier alpha value is -0.440. The molecule has 0 aromatic carbocycles. The van der Waals surface area contributed by atoms with E-state index < -0.39 is 0 Å². The fourth-order valence-electron chi connectivity index (χ4n) is 2.57. The standard InChI is InChI=1S/C20H38O2S/c1-2-3-4-5-6-7-8-9-10-11-12-13-14-15-16-17-20(21)22-18-19-23/h11-12,23H,2-10,13-19H2,1H3/b12-11+. The quantitative estimate of drug-likeness (QED) is 0.141. The first-order valence-electron chi connectivity index (χ1n) is 9.72. The van der Waals surface area contributed by atoms with Crippen molar-refractivity contribution in [2.24, 2.45) is 0 Å². The second kappa shape index (κ2) is 19.6. The number of hydrogen-bond acceptors (Lipinski definition) is 3. The van der Waals surface area contributed by atoms with Crippen LogP contribution in [-0.2, 0) is 9.53 Å². The van der Waals surface area contributed by atoms with Gasteiger partial charge in [0.05, 0.1) is 0 Å². The third-order valence-electron chi connectivity index (χ3n) is 4.00. The number of ether oxygens (including phenoxy) is 1. The number of esters is 1. The van der Waals surface area contributed by atoms with Crippen molar-refractivity contribution in [3.63, 3.8) is 0 Å². The van der Waals surface area contributed by atoms with Crippen molar-refractivity contribution < 1.29 is 9.53 Å². The normalized spacial score (nSPS) is 11.2. The van der Waals surface area contributed by atoms with E-state index in [1.165, 1.54) is 64.2 Å². The summed E-state index contributed by atoms with van der Waals surface area (Å²) in [5, 5.41) is 0. The highest BCUT2D eigenvalue weighted by Gasteiger charge is 2.00. The molecule has 0 saturated heterocycles. The molecule has 0 rings (SSSR count). The summed E-state index contributed by atoms with van der Waals surface area (Å²) in [6.07, 6.45) is 21.9. The van der Waals surface area contributed by atoms with Gasteiger partial charge in [-0.05, 0) is 32.1 Å². The van der Waals surface area contributed by atoms with Gasteiger partial charge in [0, 0.05) is 12.2 Å². The number of thiol groups is 1. The minimum Gasteiger partial charge on any atom is -0.465 e. The van der Waals surface area contributed by atoms with E-state index in [-0.39, 0.29) is 5.97 Å². The zero-order valence-electron chi connectivity index (χ0n) is 15.2. The molecule has 0 fully saturated rings. The summed E-state index contributed by atoms with van der Waals surface area (Å²) in [6.45, 7) is 2.70. The number of carbonyl (C=O) groups excluding carboxylic acids is 1. The Morgan fingerprint density at radius 3 is 1.91 bits per heavy atom. The molecule has 0 unspecified atom stereocenters. The molecule has 0 aromatic rings. The summed E-state index contributed by atoms with van der Waals surface area (Å²) in [6, 6.07) is 0. The van der Waals surface area contributed by atoms with Crippen LogP contribution in [0.1, 0.15) is 96.8 Å². The smallest absolute Gasteiger partial charge is 0.305 e. The summed E-state index contributed by atoms with van der Waals surface area (Å²) in [7, 11) is 0. The van der Waals surface area contributed by atoms with Crippen molar-refractivity contribution >= 4 is 18.6 Å². The second-order valence-electron chi connectivity index (χ2n) is 6.28. The lowest BCUT2D eigenvalue weighted by molar-refractivity contribution is -0.143. The molecule has 2 nitrogen and oxygen atoms in total. The maximum absolute atomic E-state index is 11.3. The molecule has 0 aliphatic carbocycles. The Labute approximate surface area is 149 Å². The van der Waals surface area contributed by atoms with Gasteiger partial charge in [-0.3, -0.25) is 4.79 Å². The highest BCUT2D eigenvalue weighted by atomic mass is 32.1. The van der Waals surface area contributed by atoms with Crippen LogP contribution in [0.25, 0.3) is 0 Å². The Morgan fingerprint density at radius 2 is 1.35 bits per heavy atom. The molecule has 0 saturated carbocycles. The Bertz CT molecular complexity index is 277. The van der Waals surface area contributed by atoms with Gasteiger partial charge in [0.15, 0.2) is 0 Å². The van der Waals surface area contributed by atoms with E-state index in [2.05, 4.69) is 31.7 Å². The van der Waals surface area contributed by atoms with Gasteiger partial charge >= 0.3 is 5.97 Å². The van der Waals surface area contributed by atoms with Crippen LogP contribution in [0.3, 0.4) is 0 Å². The molecule has 0 amide bonds. The van der Waals surface area contributed by atoms with E-state index in [1.807, 2.05) is 0 Å². The van der Waals surface area contributed by atoms with Crippen molar-refractivity contribution in [3.05, 3.63) is 12.2 Å². The van der Waals surface area contributed by atoms with Crippen molar-refractivity contribution in [1.82, 2.24) is 0 Å². The first kappa shape index (κ1) is 22.6. The molecule has 0 spiro atoms. The number of rotatable bonds is 17. The maximum atomic E-state index is 11.3. The van der Waals surface area contributed by atoms with Crippen LogP contribution in [0.4, 0.5) is 0 Å². The van der Waals surface area contributed by atoms with Crippen molar-refractivity contribution in [2.45, 2.75) is 96.8 Å². The van der Waals surface area contributed by atoms with E-state index in [9.17, 15) is 4.79 Å². The van der Waals surface area contributed by atoms with Gasteiger partial charge in [-0.15, -0.1) is 0 Å². The Kier molecular flexibility index (Phi) is 19.2. The van der Waals surface area contributed by atoms with Gasteiger partial charge in [0.25, 0.3) is 0 Å². The highest BCUT2D eigenvalue weighted by molar-refractivity contribution is 7.80. The van der Waals surface area contributed by atoms with E-state index in [0.717, 1.165) is 19.3 Å². The minimum atomic E-state index is -0.0794. The van der Waals surface area contributed by atoms with Crippen LogP contribution in [0.5, 0.6) is 0 Å². The minimum absolute atomic E-state index is 0.0794. The van der Waals surface area contributed by atoms with Gasteiger partial charge in [-0.25, -0.2) is 0 Å². The van der Waals surface area contributed by atoms with E-state index >= 15 is 0 Å². The van der Waals surface area contributed by atoms with Crippen LogP contribution in [0.15, 0.2) is 12.2 Å². The zero-order valence-corrected chi connectivity index (χ0v) is 16.1. The fraction of sp³-hybridized carbons (Fsp3) is 0.850. The SMILES string of the molecule is CCCCCCCCCC/C=C/CCCCCC(=O)OCCS. The first-order chi connectivity index (χ1) is 11.3. The van der Waals surface area contributed by atoms with Gasteiger partial charge < -0.3 is 4.74 Å². The van der Waals surface area contributed by atoms with Crippen LogP contribution in [0.2, 0.25) is 0 Å². The molecule has 3 heteroatoms. The average molecular weight is 343 g/mol. The number of unbranched alkanes of at least 4 members (excludes halogenated alkanes) is 11. The lowest BCUT2D eigenvalue weighted by Crippen LogP contribution is -2.06. The Balaban J connectivity index is 3.15. The monoisotopic (exact) mass is 342 g/mol. The lowest BCUT2D eigenvalue weighted by Gasteiger charge is -2.02.